The van der Waals surface area contributed by atoms with Crippen molar-refractivity contribution in [1.82, 2.24) is 0 Å². The van der Waals surface area contributed by atoms with Gasteiger partial charge in [0.05, 0.1) is 18.7 Å². The molecule has 5 nitrogen and oxygen atoms in total. The van der Waals surface area contributed by atoms with Crippen LogP contribution < -0.4 is 5.32 Å². The second kappa shape index (κ2) is 6.01. The number of halogens is 1. The van der Waals surface area contributed by atoms with Gasteiger partial charge in [0.1, 0.15) is 0 Å². The Bertz CT molecular complexity index is 482. The van der Waals surface area contributed by atoms with Crippen molar-refractivity contribution >= 4 is 33.5 Å². The maximum atomic E-state index is 11.4. The molecule has 1 atom stereocenters. The van der Waals surface area contributed by atoms with Crippen molar-refractivity contribution in [2.24, 2.45) is 0 Å². The van der Waals surface area contributed by atoms with Crippen LogP contribution in [0, 0.1) is 11.3 Å². The van der Waals surface area contributed by atoms with Gasteiger partial charge in [-0.1, -0.05) is 22.0 Å². The van der Waals surface area contributed by atoms with Crippen molar-refractivity contribution in [3.05, 3.63) is 29.8 Å². The zero-order valence-corrected chi connectivity index (χ0v) is 10.5. The molecule has 17 heavy (non-hydrogen) atoms. The first kappa shape index (κ1) is 13.2. The third-order valence-electron chi connectivity index (χ3n) is 1.89. The number of methoxy groups -OCH3 is 1. The van der Waals surface area contributed by atoms with Crippen LogP contribution in [0.1, 0.15) is 10.4 Å². The van der Waals surface area contributed by atoms with E-state index in [2.05, 4.69) is 26.0 Å². The van der Waals surface area contributed by atoms with E-state index in [0.29, 0.717) is 11.3 Å². The van der Waals surface area contributed by atoms with Crippen LogP contribution in [0.25, 0.3) is 0 Å². The van der Waals surface area contributed by atoms with Crippen LogP contribution in [0.15, 0.2) is 24.3 Å². The van der Waals surface area contributed by atoms with Gasteiger partial charge in [0, 0.05) is 5.69 Å². The van der Waals surface area contributed by atoms with Crippen molar-refractivity contribution in [1.29, 1.82) is 5.26 Å². The molecule has 0 aliphatic rings. The number of hydrogen-bond acceptors (Lipinski definition) is 4. The van der Waals surface area contributed by atoms with Crippen LogP contribution >= 0.6 is 15.9 Å². The van der Waals surface area contributed by atoms with Crippen LogP contribution in [0.2, 0.25) is 0 Å². The third kappa shape index (κ3) is 3.57. The number of alkyl halides is 1. The van der Waals surface area contributed by atoms with Crippen LogP contribution in [-0.2, 0) is 9.53 Å². The SMILES string of the molecule is COC(=O)c1cccc(NC(=O)C(Br)C#N)c1. The zero-order valence-electron chi connectivity index (χ0n) is 8.94. The molecule has 0 radical (unpaired) electrons. The van der Waals surface area contributed by atoms with E-state index in [9.17, 15) is 9.59 Å². The van der Waals surface area contributed by atoms with Gasteiger partial charge in [-0.05, 0) is 18.2 Å². The number of nitriles is 1. The average Bonchev–Trinajstić information content (AvgIpc) is 2.37. The molecule has 0 aliphatic carbocycles. The van der Waals surface area contributed by atoms with Crippen molar-refractivity contribution in [3.63, 3.8) is 0 Å². The predicted octanol–water partition coefficient (Wildman–Crippen LogP) is 1.70. The van der Waals surface area contributed by atoms with Crippen LogP contribution in [0.3, 0.4) is 0 Å². The highest BCUT2D eigenvalue weighted by Gasteiger charge is 2.14. The van der Waals surface area contributed by atoms with Crippen LogP contribution in [0.5, 0.6) is 0 Å². The van der Waals surface area contributed by atoms with Crippen molar-refractivity contribution in [3.8, 4) is 6.07 Å². The Kier molecular flexibility index (Phi) is 4.67. The average molecular weight is 297 g/mol. The smallest absolute Gasteiger partial charge is 0.337 e. The van der Waals surface area contributed by atoms with Gasteiger partial charge in [0.15, 0.2) is 4.83 Å². The minimum Gasteiger partial charge on any atom is -0.465 e. The number of carbonyl (C=O) groups is 2. The molecule has 0 aromatic heterocycles. The molecule has 0 spiro atoms. The number of hydrogen-bond donors (Lipinski definition) is 1. The first-order valence-electron chi connectivity index (χ1n) is 4.61. The number of benzene rings is 1. The molecule has 1 aromatic rings. The fraction of sp³-hybridized carbons (Fsp3) is 0.182. The molecule has 0 saturated carbocycles. The fourth-order valence-electron chi connectivity index (χ4n) is 1.11. The lowest BCUT2D eigenvalue weighted by Gasteiger charge is -2.06. The highest BCUT2D eigenvalue weighted by atomic mass is 79.9. The van der Waals surface area contributed by atoms with Gasteiger partial charge in [-0.15, -0.1) is 0 Å². The van der Waals surface area contributed by atoms with Gasteiger partial charge in [-0.3, -0.25) is 4.79 Å². The molecule has 1 amide bonds. The van der Waals surface area contributed by atoms with Gasteiger partial charge in [0.2, 0.25) is 0 Å². The Morgan fingerprint density at radius 3 is 2.82 bits per heavy atom. The molecule has 1 aromatic carbocycles. The molecule has 0 aliphatic heterocycles. The maximum absolute atomic E-state index is 11.4. The zero-order chi connectivity index (χ0) is 12.8. The van der Waals surface area contributed by atoms with E-state index in [1.807, 2.05) is 0 Å². The lowest BCUT2D eigenvalue weighted by atomic mass is 10.2. The molecular weight excluding hydrogens is 288 g/mol. The van der Waals surface area contributed by atoms with E-state index < -0.39 is 16.7 Å². The Balaban J connectivity index is 2.83. The van der Waals surface area contributed by atoms with Gasteiger partial charge in [0.25, 0.3) is 5.91 Å². The Morgan fingerprint density at radius 1 is 1.53 bits per heavy atom. The van der Waals surface area contributed by atoms with Gasteiger partial charge in [-0.2, -0.15) is 5.26 Å². The lowest BCUT2D eigenvalue weighted by molar-refractivity contribution is -0.114. The highest BCUT2D eigenvalue weighted by Crippen LogP contribution is 2.13. The largest absolute Gasteiger partial charge is 0.465 e. The van der Waals surface area contributed by atoms with E-state index in [1.54, 1.807) is 24.3 Å². The number of nitrogens with one attached hydrogen (secondary N) is 1. The van der Waals surface area contributed by atoms with E-state index >= 15 is 0 Å². The van der Waals surface area contributed by atoms with E-state index in [-0.39, 0.29) is 0 Å². The standard InChI is InChI=1S/C11H9BrN2O3/c1-17-11(16)7-3-2-4-8(5-7)14-10(15)9(12)6-13/h2-5,9H,1H3,(H,14,15). The molecule has 88 valence electrons. The summed E-state index contributed by atoms with van der Waals surface area (Å²) < 4.78 is 4.55. The summed E-state index contributed by atoms with van der Waals surface area (Å²) in [6.07, 6.45) is 0. The number of esters is 1. The molecular formula is C11H9BrN2O3. The summed E-state index contributed by atoms with van der Waals surface area (Å²) in [5, 5.41) is 11.0. The predicted molar refractivity (Wildman–Crippen MR) is 64.7 cm³/mol. The molecule has 0 heterocycles. The third-order valence-corrected chi connectivity index (χ3v) is 2.52. The molecule has 1 rings (SSSR count). The molecule has 0 fully saturated rings. The highest BCUT2D eigenvalue weighted by molar-refractivity contribution is 9.10. The molecule has 0 bridgehead atoms. The number of amides is 1. The monoisotopic (exact) mass is 296 g/mol. The number of nitrogens with zero attached hydrogens (tertiary/aromatic N) is 1. The van der Waals surface area contributed by atoms with Crippen LogP contribution in [-0.4, -0.2) is 23.8 Å². The second-order valence-electron chi connectivity index (χ2n) is 3.05. The van der Waals surface area contributed by atoms with E-state index in [0.717, 1.165) is 0 Å². The number of carbonyl (C=O) groups excluding carboxylic acids is 2. The first-order valence-corrected chi connectivity index (χ1v) is 5.53. The summed E-state index contributed by atoms with van der Waals surface area (Å²) in [7, 11) is 1.28. The van der Waals surface area contributed by atoms with Gasteiger partial charge < -0.3 is 10.1 Å². The number of anilines is 1. The summed E-state index contributed by atoms with van der Waals surface area (Å²) >= 11 is 2.90. The number of rotatable bonds is 3. The van der Waals surface area contributed by atoms with Crippen molar-refractivity contribution < 1.29 is 14.3 Å². The summed E-state index contributed by atoms with van der Waals surface area (Å²) in [6, 6.07) is 8.01. The number of ether oxygens (including phenoxy) is 1. The summed E-state index contributed by atoms with van der Waals surface area (Å²) in [5.41, 5.74) is 0.756. The molecule has 0 saturated heterocycles. The van der Waals surface area contributed by atoms with E-state index in [1.165, 1.54) is 13.2 Å². The maximum Gasteiger partial charge on any atom is 0.337 e. The van der Waals surface area contributed by atoms with Crippen molar-refractivity contribution in [2.45, 2.75) is 4.83 Å². The Hall–Kier alpha value is -1.87. The Labute approximate surface area is 107 Å². The fourth-order valence-corrected chi connectivity index (χ4v) is 1.22. The first-order chi connectivity index (χ1) is 8.08. The summed E-state index contributed by atoms with van der Waals surface area (Å²) in [4.78, 5) is 21.7. The molecule has 1 unspecified atom stereocenters. The Morgan fingerprint density at radius 2 is 2.24 bits per heavy atom. The quantitative estimate of drug-likeness (QED) is 0.680. The second-order valence-corrected chi connectivity index (χ2v) is 3.97. The minimum absolute atomic E-state index is 0.327. The van der Waals surface area contributed by atoms with Gasteiger partial charge >= 0.3 is 5.97 Å². The van der Waals surface area contributed by atoms with Gasteiger partial charge in [-0.25, -0.2) is 4.79 Å². The topological polar surface area (TPSA) is 79.2 Å². The minimum atomic E-state index is -0.927. The van der Waals surface area contributed by atoms with E-state index in [4.69, 9.17) is 5.26 Å². The normalized spacial score (nSPS) is 11.1. The van der Waals surface area contributed by atoms with Crippen molar-refractivity contribution in [2.75, 3.05) is 12.4 Å². The molecule has 6 heteroatoms. The lowest BCUT2D eigenvalue weighted by Crippen LogP contribution is -2.21. The molecule has 1 N–H and O–H groups in total. The van der Waals surface area contributed by atoms with Crippen LogP contribution in [0.4, 0.5) is 5.69 Å². The summed E-state index contributed by atoms with van der Waals surface area (Å²) in [5.74, 6) is -0.980. The summed E-state index contributed by atoms with van der Waals surface area (Å²) in [6.45, 7) is 0.